The summed E-state index contributed by atoms with van der Waals surface area (Å²) in [4.78, 5) is 36.6. The Hall–Kier alpha value is -1.95. The van der Waals surface area contributed by atoms with Crippen LogP contribution >= 0.6 is 0 Å². The van der Waals surface area contributed by atoms with Crippen molar-refractivity contribution in [2.45, 2.75) is 85.2 Å². The van der Waals surface area contributed by atoms with Gasteiger partial charge in [0, 0.05) is 14.5 Å². The number of Topliss-reactive ketones (excluding diaryl/α,β-unsaturated/α-hetero) is 1. The zero-order chi connectivity index (χ0) is 23.1. The summed E-state index contributed by atoms with van der Waals surface area (Å²) in [6.45, 7) is 16.0. The lowest BCUT2D eigenvalue weighted by atomic mass is 9.93. The first-order chi connectivity index (χ1) is 13.7. The fourth-order valence-electron chi connectivity index (χ4n) is 3.03. The smallest absolute Gasteiger partial charge is 0.338 e. The van der Waals surface area contributed by atoms with E-state index in [9.17, 15) is 14.4 Å². The van der Waals surface area contributed by atoms with Gasteiger partial charge in [-0.05, 0) is 71.2 Å². The lowest BCUT2D eigenvalue weighted by molar-refractivity contribution is -0.161. The molecule has 0 unspecified atom stereocenters. The van der Waals surface area contributed by atoms with Gasteiger partial charge in [-0.3, -0.25) is 4.79 Å². The largest absolute Gasteiger partial charge is 0.462 e. The highest BCUT2D eigenvalue weighted by Crippen LogP contribution is 2.21. The molecule has 0 N–H and O–H groups in total. The van der Waals surface area contributed by atoms with E-state index in [1.807, 2.05) is 45.9 Å². The van der Waals surface area contributed by atoms with Crippen LogP contribution in [0.5, 0.6) is 0 Å². The van der Waals surface area contributed by atoms with Crippen molar-refractivity contribution in [3.8, 4) is 0 Å². The molecule has 0 spiro atoms. The van der Waals surface area contributed by atoms with Crippen molar-refractivity contribution in [2.24, 2.45) is 5.92 Å². The fourth-order valence-corrected chi connectivity index (χ4v) is 3.75. The second kappa shape index (κ2) is 10.9. The van der Waals surface area contributed by atoms with Crippen molar-refractivity contribution >= 4 is 25.8 Å². The molecule has 0 fully saturated rings. The molecule has 0 heterocycles. The number of carbonyl (C=O) groups excluding carboxylic acids is 3. The van der Waals surface area contributed by atoms with Crippen molar-refractivity contribution in [1.29, 1.82) is 0 Å². The molecule has 1 aromatic carbocycles. The van der Waals surface area contributed by atoms with Gasteiger partial charge in [-0.15, -0.1) is 0 Å². The van der Waals surface area contributed by atoms with Crippen molar-refractivity contribution in [3.63, 3.8) is 0 Å². The number of aryl methyl sites for hydroxylation is 2. The first kappa shape index (κ1) is 26.1. The van der Waals surface area contributed by atoms with Gasteiger partial charge in [-0.1, -0.05) is 31.3 Å². The lowest BCUT2D eigenvalue weighted by Gasteiger charge is -2.23. The van der Waals surface area contributed by atoms with Crippen LogP contribution in [0.1, 0.15) is 62.0 Å². The topological polar surface area (TPSA) is 69.7 Å². The summed E-state index contributed by atoms with van der Waals surface area (Å²) >= 11 is 0. The van der Waals surface area contributed by atoms with E-state index < -0.39 is 19.6 Å². The van der Waals surface area contributed by atoms with Gasteiger partial charge in [0.2, 0.25) is 0 Å². The molecule has 0 aliphatic carbocycles. The third-order valence-electron chi connectivity index (χ3n) is 4.51. The van der Waals surface area contributed by atoms with E-state index in [-0.39, 0.29) is 24.1 Å². The summed E-state index contributed by atoms with van der Waals surface area (Å²) in [6.07, 6.45) is 1.22. The van der Waals surface area contributed by atoms with Crippen LogP contribution in [0.15, 0.2) is 18.2 Å². The molecule has 30 heavy (non-hydrogen) atoms. The third kappa shape index (κ3) is 10.7. The van der Waals surface area contributed by atoms with E-state index in [1.54, 1.807) is 0 Å². The molecule has 1 rings (SSSR count). The van der Waals surface area contributed by atoms with Crippen LogP contribution in [0.2, 0.25) is 25.7 Å². The maximum absolute atomic E-state index is 12.5. The van der Waals surface area contributed by atoms with Gasteiger partial charge in [0.05, 0.1) is 18.1 Å². The average molecular weight is 435 g/mol. The van der Waals surface area contributed by atoms with Gasteiger partial charge in [-0.2, -0.15) is 0 Å². The molecule has 168 valence electrons. The molecule has 0 radical (unpaired) electrons. The first-order valence-electron chi connectivity index (χ1n) is 10.7. The molecule has 0 aliphatic rings. The SMILES string of the molecule is CC(=O)C[C@H](CCc1cc(C)cc(C(=O)OCC[Si](C)(C)C)c1)C(=O)OC(C)(C)C. The molecule has 1 aromatic rings. The van der Waals surface area contributed by atoms with Crippen LogP contribution in [-0.2, 0) is 25.5 Å². The summed E-state index contributed by atoms with van der Waals surface area (Å²) in [5.74, 6) is -1.20. The van der Waals surface area contributed by atoms with Gasteiger partial charge in [0.15, 0.2) is 0 Å². The summed E-state index contributed by atoms with van der Waals surface area (Å²) in [5, 5.41) is 0. The summed E-state index contributed by atoms with van der Waals surface area (Å²) in [7, 11) is -1.26. The van der Waals surface area contributed by atoms with Gasteiger partial charge < -0.3 is 14.3 Å². The number of ether oxygens (including phenoxy) is 2. The van der Waals surface area contributed by atoms with E-state index in [2.05, 4.69) is 19.6 Å². The number of carbonyl (C=O) groups is 3. The maximum Gasteiger partial charge on any atom is 0.338 e. The maximum atomic E-state index is 12.5. The van der Waals surface area contributed by atoms with Crippen molar-refractivity contribution in [1.82, 2.24) is 0 Å². The Bertz CT molecular complexity index is 756. The van der Waals surface area contributed by atoms with E-state index in [4.69, 9.17) is 9.47 Å². The van der Waals surface area contributed by atoms with Crippen molar-refractivity contribution in [2.75, 3.05) is 6.61 Å². The Labute approximate surface area is 182 Å². The second-order valence-corrected chi connectivity index (χ2v) is 16.0. The van der Waals surface area contributed by atoms with Gasteiger partial charge >= 0.3 is 11.9 Å². The summed E-state index contributed by atoms with van der Waals surface area (Å²) in [6, 6.07) is 6.57. The van der Waals surface area contributed by atoms with Gasteiger partial charge in [0.1, 0.15) is 11.4 Å². The number of rotatable bonds is 10. The standard InChI is InChI=1S/C24H38O5Si/c1-17-13-19(16-21(14-17)22(26)28-11-12-30(6,7)8)9-10-20(15-18(2)25)23(27)29-24(3,4)5/h13-14,16,20H,9-12,15H2,1-8H3/t20-/m0/s1. The molecule has 0 saturated carbocycles. The summed E-state index contributed by atoms with van der Waals surface area (Å²) < 4.78 is 10.9. The summed E-state index contributed by atoms with van der Waals surface area (Å²) in [5.41, 5.74) is 1.85. The van der Waals surface area contributed by atoms with Crippen LogP contribution in [-0.4, -0.2) is 38.0 Å². The highest BCUT2D eigenvalue weighted by atomic mass is 28.3. The fraction of sp³-hybridized carbons (Fsp3) is 0.625. The minimum atomic E-state index is -1.26. The second-order valence-electron chi connectivity index (χ2n) is 10.3. The molecule has 0 saturated heterocycles. The Morgan fingerprint density at radius 1 is 1.07 bits per heavy atom. The van der Waals surface area contributed by atoms with Crippen LogP contribution < -0.4 is 0 Å². The number of benzene rings is 1. The highest BCUT2D eigenvalue weighted by molar-refractivity contribution is 6.76. The lowest BCUT2D eigenvalue weighted by Crippen LogP contribution is -2.30. The van der Waals surface area contributed by atoms with E-state index in [0.29, 0.717) is 25.0 Å². The zero-order valence-electron chi connectivity index (χ0n) is 19.9. The number of hydrogen-bond acceptors (Lipinski definition) is 5. The average Bonchev–Trinajstić information content (AvgIpc) is 2.55. The van der Waals surface area contributed by atoms with Crippen molar-refractivity contribution < 1.29 is 23.9 Å². The molecule has 6 heteroatoms. The van der Waals surface area contributed by atoms with Gasteiger partial charge in [-0.25, -0.2) is 4.79 Å². The van der Waals surface area contributed by atoms with Crippen molar-refractivity contribution in [3.05, 3.63) is 34.9 Å². The number of esters is 2. The molecular formula is C24H38O5Si. The molecular weight excluding hydrogens is 396 g/mol. The van der Waals surface area contributed by atoms with Crippen LogP contribution in [0.3, 0.4) is 0 Å². The number of ketones is 1. The Morgan fingerprint density at radius 3 is 2.23 bits per heavy atom. The molecule has 0 bridgehead atoms. The minimum Gasteiger partial charge on any atom is -0.462 e. The minimum absolute atomic E-state index is 0.0400. The molecule has 5 nitrogen and oxygen atoms in total. The van der Waals surface area contributed by atoms with Crippen LogP contribution in [0, 0.1) is 12.8 Å². The Morgan fingerprint density at radius 2 is 1.70 bits per heavy atom. The quantitative estimate of drug-likeness (QED) is 0.366. The monoisotopic (exact) mass is 434 g/mol. The predicted molar refractivity (Wildman–Crippen MR) is 123 cm³/mol. The third-order valence-corrected chi connectivity index (χ3v) is 6.22. The molecule has 0 amide bonds. The van der Waals surface area contributed by atoms with Crippen LogP contribution in [0.4, 0.5) is 0 Å². The molecule has 0 aliphatic heterocycles. The predicted octanol–water partition coefficient (Wildman–Crippen LogP) is 5.36. The van der Waals surface area contributed by atoms with E-state index in [1.165, 1.54) is 6.92 Å². The zero-order valence-corrected chi connectivity index (χ0v) is 20.9. The van der Waals surface area contributed by atoms with E-state index in [0.717, 1.165) is 17.2 Å². The molecule has 0 aromatic heterocycles. The Balaban J connectivity index is 2.84. The normalized spacial score (nSPS) is 12.9. The highest BCUT2D eigenvalue weighted by Gasteiger charge is 2.26. The van der Waals surface area contributed by atoms with E-state index >= 15 is 0 Å². The Kier molecular flexibility index (Phi) is 9.47. The first-order valence-corrected chi connectivity index (χ1v) is 14.4. The van der Waals surface area contributed by atoms with Gasteiger partial charge in [0.25, 0.3) is 0 Å². The van der Waals surface area contributed by atoms with Crippen LogP contribution in [0.25, 0.3) is 0 Å². The number of hydrogen-bond donors (Lipinski definition) is 0. The molecule has 1 atom stereocenters.